The summed E-state index contributed by atoms with van der Waals surface area (Å²) in [6, 6.07) is 11.3. The number of carbonyl (C=O) groups is 4. The van der Waals surface area contributed by atoms with Crippen molar-refractivity contribution in [3.05, 3.63) is 70.4 Å². The second kappa shape index (κ2) is 28.0. The summed E-state index contributed by atoms with van der Waals surface area (Å²) in [5, 5.41) is 22.5. The van der Waals surface area contributed by atoms with Gasteiger partial charge < -0.3 is 39.2 Å². The fourth-order valence-electron chi connectivity index (χ4n) is 9.64. The number of hydrogen-bond donors (Lipinski definition) is 2. The molecular weight excluding hydrogens is 1010 g/mol. The maximum Gasteiger partial charge on any atom is 0.417 e. The Kier molecular flexibility index (Phi) is 22.7. The zero-order valence-corrected chi connectivity index (χ0v) is 46.3. The molecule has 2 saturated heterocycles. The summed E-state index contributed by atoms with van der Waals surface area (Å²) in [7, 11) is 1.69. The number of nitrogens with zero attached hydrogens (tertiary/aromatic N) is 5. The minimum absolute atomic E-state index is 0.00605. The van der Waals surface area contributed by atoms with Crippen LogP contribution in [0, 0.1) is 23.7 Å². The Morgan fingerprint density at radius 3 is 2.28 bits per heavy atom. The molecule has 20 heteroatoms. The molecule has 3 fully saturated rings. The number of methoxy groups -OCH3 is 1. The third-order valence-corrected chi connectivity index (χ3v) is 15.1. The second-order valence-corrected chi connectivity index (χ2v) is 22.1. The van der Waals surface area contributed by atoms with Crippen molar-refractivity contribution in [3.8, 4) is 16.5 Å². The van der Waals surface area contributed by atoms with Gasteiger partial charge in [0.15, 0.2) is 10.9 Å². The first-order valence-corrected chi connectivity index (χ1v) is 27.2. The van der Waals surface area contributed by atoms with E-state index in [1.165, 1.54) is 15.9 Å². The lowest BCUT2D eigenvalue weighted by atomic mass is 9.85. The Hall–Kier alpha value is -4.88. The van der Waals surface area contributed by atoms with Crippen molar-refractivity contribution < 1.29 is 56.4 Å². The van der Waals surface area contributed by atoms with Crippen LogP contribution in [0.5, 0.6) is 0 Å². The van der Waals surface area contributed by atoms with Gasteiger partial charge in [-0.2, -0.15) is 18.4 Å². The Morgan fingerprint density at radius 2 is 1.67 bits per heavy atom. The van der Waals surface area contributed by atoms with Crippen LogP contribution in [0.2, 0.25) is 0 Å². The Morgan fingerprint density at radius 1 is 0.987 bits per heavy atom. The molecule has 3 aromatic rings. The molecular formula is C55H75F3N6O9S2. The van der Waals surface area contributed by atoms with E-state index in [1.54, 1.807) is 38.4 Å². The number of aryl methyl sites for hydroxylation is 2. The van der Waals surface area contributed by atoms with Crippen LogP contribution < -0.4 is 10.2 Å². The lowest BCUT2D eigenvalue weighted by Gasteiger charge is -2.40. The Labute approximate surface area is 449 Å². The molecule has 1 aliphatic carbocycles. The lowest BCUT2D eigenvalue weighted by Crippen LogP contribution is -2.57. The molecule has 0 unspecified atom stereocenters. The van der Waals surface area contributed by atoms with Crippen molar-refractivity contribution >= 4 is 57.9 Å². The predicted molar refractivity (Wildman–Crippen MR) is 285 cm³/mol. The van der Waals surface area contributed by atoms with E-state index in [4.69, 9.17) is 36.4 Å². The number of Topliss-reactive ketones (excluding diaryl/α,β-unsaturated/α-hetero) is 1. The number of halogens is 3. The highest BCUT2D eigenvalue weighted by Gasteiger charge is 2.53. The van der Waals surface area contributed by atoms with E-state index in [-0.39, 0.29) is 73.1 Å². The number of nitrogens with one attached hydrogen (secondary N) is 1. The Bertz CT molecular complexity index is 2430. The third kappa shape index (κ3) is 16.6. The van der Waals surface area contributed by atoms with E-state index >= 15 is 0 Å². The van der Waals surface area contributed by atoms with E-state index in [1.807, 2.05) is 69.3 Å². The minimum Gasteiger partial charge on any atom is -0.391 e. The number of hydrogen-bond acceptors (Lipinski definition) is 13. The summed E-state index contributed by atoms with van der Waals surface area (Å²) in [5.41, 5.74) is 1.77. The number of ketones is 1. The summed E-state index contributed by atoms with van der Waals surface area (Å²) < 4.78 is 62.3. The van der Waals surface area contributed by atoms with E-state index in [2.05, 4.69) is 10.3 Å². The molecule has 0 bridgehead atoms. The molecule has 6 rings (SSSR count). The normalized spacial score (nSPS) is 20.2. The van der Waals surface area contributed by atoms with Gasteiger partial charge in [0.25, 0.3) is 5.91 Å². The first kappa shape index (κ1) is 61.0. The van der Waals surface area contributed by atoms with Crippen molar-refractivity contribution in [1.29, 1.82) is 5.26 Å². The monoisotopic (exact) mass is 1080 g/mol. The van der Waals surface area contributed by atoms with E-state index < -0.39 is 52.4 Å². The number of thiazole rings is 1. The number of alkyl halides is 3. The number of carbonyl (C=O) groups excluding carboxylic acids is 4. The number of unbranched alkanes of at least 4 members (excludes halogenated alkanes) is 2. The van der Waals surface area contributed by atoms with Gasteiger partial charge in [0.2, 0.25) is 11.8 Å². The van der Waals surface area contributed by atoms with Crippen LogP contribution in [0.15, 0.2) is 48.0 Å². The average Bonchev–Trinajstić information content (AvgIpc) is 4.03. The minimum atomic E-state index is -4.72. The SMILES string of the molecule is CCCOCCOCC(=O)N[C@H](C(=O)N1C[C@H](O)C[C@H]1C(=O)CCc1ccc(-c2scnc2C)cc1)C(C)(C)C.COCCCCCOC1CCC(N2C(=S)N(c3ccc(C#N)c(C(F)(F)F)c3)C(=O)C2(C)C)CC1. The summed E-state index contributed by atoms with van der Waals surface area (Å²) in [6.07, 6.45) is 2.83. The van der Waals surface area contributed by atoms with Crippen LogP contribution in [0.25, 0.3) is 10.4 Å². The predicted octanol–water partition coefficient (Wildman–Crippen LogP) is 8.99. The molecule has 2 aliphatic heterocycles. The molecule has 0 radical (unpaired) electrons. The molecule has 3 heterocycles. The first-order valence-electron chi connectivity index (χ1n) is 25.9. The van der Waals surface area contributed by atoms with Crippen LogP contribution in [0.1, 0.15) is 128 Å². The number of ether oxygens (including phenoxy) is 4. The fraction of sp³-hybridized carbons (Fsp3) is 0.618. The average molecular weight is 1090 g/mol. The molecule has 75 heavy (non-hydrogen) atoms. The van der Waals surface area contributed by atoms with Gasteiger partial charge in [-0.15, -0.1) is 11.3 Å². The smallest absolute Gasteiger partial charge is 0.391 e. The van der Waals surface area contributed by atoms with Gasteiger partial charge in [0.05, 0.1) is 70.4 Å². The highest BCUT2D eigenvalue weighted by atomic mass is 32.1. The molecule has 0 spiro atoms. The van der Waals surface area contributed by atoms with Gasteiger partial charge in [-0.1, -0.05) is 52.0 Å². The highest BCUT2D eigenvalue weighted by Crippen LogP contribution is 2.41. The maximum absolute atomic E-state index is 13.7. The number of likely N-dealkylation sites (tertiary alicyclic amines) is 1. The molecule has 1 aromatic heterocycles. The topological polar surface area (TPSA) is 184 Å². The molecule has 1 saturated carbocycles. The third-order valence-electron chi connectivity index (χ3n) is 13.7. The van der Waals surface area contributed by atoms with Crippen LogP contribution in [0.3, 0.4) is 0 Å². The molecule has 2 N–H and O–H groups in total. The van der Waals surface area contributed by atoms with Gasteiger partial charge in [-0.05, 0) is 126 Å². The van der Waals surface area contributed by atoms with Crippen molar-refractivity contribution in [2.24, 2.45) is 5.41 Å². The molecule has 15 nitrogen and oxygen atoms in total. The molecule has 3 aliphatic rings. The van der Waals surface area contributed by atoms with Crippen molar-refractivity contribution in [2.75, 3.05) is 58.2 Å². The number of amides is 3. The van der Waals surface area contributed by atoms with E-state index in [0.29, 0.717) is 26.2 Å². The standard InChI is InChI=1S/C30H43N3O6S.C25H32F3N3O3S/c1-6-13-38-14-15-39-18-26(36)32-28(30(3,4)5)29(37)33-17-23(34)16-24(33)25(35)12-9-21-7-10-22(11-8-21)27-20(2)31-19-40-27;1-24(2)22(32)30(19-8-7-17(16-29)21(15-19)25(26,27)28)23(35)31(24)18-9-11-20(12-10-18)34-14-6-4-5-13-33-3/h7-8,10-11,19,23-24,28,34H,6,9,12-18H2,1-5H3,(H,32,36);7-8,15,18,20H,4-6,9-14H2,1-3H3/t23-,24+,28-;/m1./s1. The number of thiocarbonyl (C=S) groups is 1. The van der Waals surface area contributed by atoms with Crippen molar-refractivity contribution in [1.82, 2.24) is 20.1 Å². The number of benzene rings is 2. The van der Waals surface area contributed by atoms with Crippen LogP contribution in [0.4, 0.5) is 18.9 Å². The van der Waals surface area contributed by atoms with Crippen LogP contribution in [-0.2, 0) is 50.7 Å². The van der Waals surface area contributed by atoms with Crippen molar-refractivity contribution in [2.45, 2.75) is 161 Å². The zero-order valence-electron chi connectivity index (χ0n) is 44.6. The number of nitriles is 1. The Balaban J connectivity index is 0.000000280. The fourth-order valence-corrected chi connectivity index (χ4v) is 11.0. The number of anilines is 1. The highest BCUT2D eigenvalue weighted by molar-refractivity contribution is 7.80. The molecule has 3 amide bonds. The summed E-state index contributed by atoms with van der Waals surface area (Å²) >= 11 is 7.24. The van der Waals surface area contributed by atoms with Gasteiger partial charge in [0.1, 0.15) is 18.2 Å². The quantitative estimate of drug-likeness (QED) is 0.0678. The zero-order chi connectivity index (χ0) is 55.1. The van der Waals surface area contributed by atoms with Gasteiger partial charge in [0, 0.05) is 52.4 Å². The largest absolute Gasteiger partial charge is 0.417 e. The van der Waals surface area contributed by atoms with E-state index in [0.717, 1.165) is 91.8 Å². The number of aliphatic hydroxyl groups excluding tert-OH is 1. The number of β-amino-alcohol motifs (C(OH)–C–C–N with tert-alkyl or cyclic N) is 1. The lowest BCUT2D eigenvalue weighted by molar-refractivity contribution is -0.144. The van der Waals surface area contributed by atoms with Crippen LogP contribution in [-0.4, -0.2) is 138 Å². The molecule has 3 atom stereocenters. The van der Waals surface area contributed by atoms with E-state index in [9.17, 15) is 37.5 Å². The van der Waals surface area contributed by atoms with Gasteiger partial charge in [-0.25, -0.2) is 4.98 Å². The summed E-state index contributed by atoms with van der Waals surface area (Å²) in [4.78, 5) is 62.8. The van der Waals surface area contributed by atoms with Crippen LogP contribution >= 0.6 is 23.6 Å². The number of aliphatic hydroxyl groups is 1. The molecule has 2 aromatic carbocycles. The van der Waals surface area contributed by atoms with Gasteiger partial charge >= 0.3 is 6.18 Å². The second-order valence-electron chi connectivity index (χ2n) is 20.9. The number of aromatic nitrogens is 1. The maximum atomic E-state index is 13.7. The van der Waals surface area contributed by atoms with Crippen molar-refractivity contribution in [3.63, 3.8) is 0 Å². The summed E-state index contributed by atoms with van der Waals surface area (Å²) in [6.45, 7) is 15.7. The number of rotatable bonds is 23. The van der Waals surface area contributed by atoms with Gasteiger partial charge in [-0.3, -0.25) is 24.1 Å². The first-order chi connectivity index (χ1) is 35.5. The summed E-state index contributed by atoms with van der Waals surface area (Å²) in [5.74, 6) is -1.26. The molecule has 412 valence electrons.